The number of phenolic OH excluding ortho intramolecular Hbond substituents is 1. The number of carbonyl (C=O) groups is 2. The summed E-state index contributed by atoms with van der Waals surface area (Å²) in [5.74, 6) is -0.769. The molecule has 0 aliphatic heterocycles. The van der Waals surface area contributed by atoms with Crippen molar-refractivity contribution in [2.45, 2.75) is 0 Å². The molecule has 0 heterocycles. The molecule has 0 bridgehead atoms. The van der Waals surface area contributed by atoms with Gasteiger partial charge in [0, 0.05) is 19.8 Å². The molecule has 1 aromatic carbocycles. The zero-order valence-electron chi connectivity index (χ0n) is 9.73. The number of hydrogen-bond donors (Lipinski definition) is 3. The van der Waals surface area contributed by atoms with Crippen LogP contribution < -0.4 is 11.1 Å². The molecule has 0 spiro atoms. The third-order valence-corrected chi connectivity index (χ3v) is 2.18. The number of carbonyl (C=O) groups excluding carboxylic acids is 2. The molecule has 0 aliphatic rings. The van der Waals surface area contributed by atoms with Gasteiger partial charge in [-0.3, -0.25) is 9.59 Å². The first kappa shape index (κ1) is 12.8. The maximum atomic E-state index is 11.7. The molecule has 0 fully saturated rings. The predicted molar refractivity (Wildman–Crippen MR) is 63.5 cm³/mol. The Morgan fingerprint density at radius 3 is 2.65 bits per heavy atom. The Bertz CT molecular complexity index is 444. The number of nitrogens with zero attached hydrogens (tertiary/aromatic N) is 1. The van der Waals surface area contributed by atoms with E-state index in [2.05, 4.69) is 5.32 Å². The van der Waals surface area contributed by atoms with Gasteiger partial charge in [0.2, 0.25) is 5.91 Å². The van der Waals surface area contributed by atoms with Gasteiger partial charge in [0.15, 0.2) is 0 Å². The Labute approximate surface area is 99.0 Å². The molecule has 1 rings (SSSR count). The van der Waals surface area contributed by atoms with E-state index in [4.69, 9.17) is 5.73 Å². The summed E-state index contributed by atoms with van der Waals surface area (Å²) in [5, 5.41) is 11.7. The molecular weight excluding hydrogens is 222 g/mol. The number of phenols is 1. The largest absolute Gasteiger partial charge is 0.508 e. The van der Waals surface area contributed by atoms with E-state index in [0.29, 0.717) is 0 Å². The highest BCUT2D eigenvalue weighted by Gasteiger charge is 2.12. The smallest absolute Gasteiger partial charge is 0.253 e. The predicted octanol–water partition coefficient (Wildman–Crippen LogP) is -0.208. The van der Waals surface area contributed by atoms with E-state index in [1.807, 2.05) is 0 Å². The first-order valence-corrected chi connectivity index (χ1v) is 4.98. The molecule has 6 nitrogen and oxygen atoms in total. The average Bonchev–Trinajstić information content (AvgIpc) is 2.28. The number of anilines is 1. The standard InChI is InChI=1S/C11H15N3O3/c1-14(2)10(16)6-13-11(17)8-5-7(15)3-4-9(8)12/h3-5,15H,6,12H2,1-2H3,(H,13,17). The van der Waals surface area contributed by atoms with E-state index in [0.717, 1.165) is 0 Å². The summed E-state index contributed by atoms with van der Waals surface area (Å²) in [4.78, 5) is 24.3. The lowest BCUT2D eigenvalue weighted by Gasteiger charge is -2.11. The van der Waals surface area contributed by atoms with Crippen molar-refractivity contribution < 1.29 is 14.7 Å². The van der Waals surface area contributed by atoms with Gasteiger partial charge >= 0.3 is 0 Å². The van der Waals surface area contributed by atoms with Gasteiger partial charge in [0.05, 0.1) is 12.1 Å². The minimum Gasteiger partial charge on any atom is -0.508 e. The fourth-order valence-corrected chi connectivity index (χ4v) is 1.15. The molecule has 0 aliphatic carbocycles. The number of benzene rings is 1. The van der Waals surface area contributed by atoms with E-state index >= 15 is 0 Å². The molecule has 6 heteroatoms. The van der Waals surface area contributed by atoms with E-state index in [1.54, 1.807) is 14.1 Å². The van der Waals surface area contributed by atoms with Gasteiger partial charge in [-0.1, -0.05) is 0 Å². The number of aromatic hydroxyl groups is 1. The van der Waals surface area contributed by atoms with Crippen LogP contribution in [0.4, 0.5) is 5.69 Å². The number of nitrogens with two attached hydrogens (primary N) is 1. The van der Waals surface area contributed by atoms with Crippen LogP contribution >= 0.6 is 0 Å². The molecule has 2 amide bonds. The number of nitrogens with one attached hydrogen (secondary N) is 1. The highest BCUT2D eigenvalue weighted by molar-refractivity contribution is 6.01. The summed E-state index contributed by atoms with van der Waals surface area (Å²) in [5.41, 5.74) is 5.99. The summed E-state index contributed by atoms with van der Waals surface area (Å²) >= 11 is 0. The van der Waals surface area contributed by atoms with Crippen molar-refractivity contribution in [1.82, 2.24) is 10.2 Å². The minimum absolute atomic E-state index is 0.0525. The first-order valence-electron chi connectivity index (χ1n) is 4.98. The van der Waals surface area contributed by atoms with Gasteiger partial charge in [-0.15, -0.1) is 0 Å². The lowest BCUT2D eigenvalue weighted by Crippen LogP contribution is -2.36. The topological polar surface area (TPSA) is 95.7 Å². The summed E-state index contributed by atoms with van der Waals surface area (Å²) in [6.45, 7) is -0.110. The van der Waals surface area contributed by atoms with Gasteiger partial charge in [-0.25, -0.2) is 0 Å². The van der Waals surface area contributed by atoms with E-state index in [1.165, 1.54) is 23.1 Å². The number of hydrogen-bond acceptors (Lipinski definition) is 4. The summed E-state index contributed by atoms with van der Waals surface area (Å²) in [7, 11) is 3.19. The molecule has 0 radical (unpaired) electrons. The van der Waals surface area contributed by atoms with Crippen LogP contribution in [0.25, 0.3) is 0 Å². The van der Waals surface area contributed by atoms with Crippen LogP contribution in [0, 0.1) is 0 Å². The zero-order valence-corrected chi connectivity index (χ0v) is 9.73. The third-order valence-electron chi connectivity index (χ3n) is 2.18. The van der Waals surface area contributed by atoms with Gasteiger partial charge in [0.1, 0.15) is 5.75 Å². The molecule has 17 heavy (non-hydrogen) atoms. The Morgan fingerprint density at radius 1 is 1.41 bits per heavy atom. The second-order valence-corrected chi connectivity index (χ2v) is 3.74. The normalized spacial score (nSPS) is 9.76. The Balaban J connectivity index is 2.70. The number of rotatable bonds is 3. The fraction of sp³-hybridized carbons (Fsp3) is 0.273. The zero-order chi connectivity index (χ0) is 13.0. The van der Waals surface area contributed by atoms with E-state index < -0.39 is 5.91 Å². The van der Waals surface area contributed by atoms with Crippen molar-refractivity contribution in [2.24, 2.45) is 0 Å². The quantitative estimate of drug-likeness (QED) is 0.501. The van der Waals surface area contributed by atoms with Crippen LogP contribution in [-0.4, -0.2) is 42.5 Å². The second kappa shape index (κ2) is 5.20. The van der Waals surface area contributed by atoms with Gasteiger partial charge in [0.25, 0.3) is 5.91 Å². The minimum atomic E-state index is -0.492. The Kier molecular flexibility index (Phi) is 3.92. The molecule has 0 saturated heterocycles. The number of nitrogen functional groups attached to an aromatic ring is 1. The fourth-order valence-electron chi connectivity index (χ4n) is 1.15. The van der Waals surface area contributed by atoms with Crippen LogP contribution in [0.3, 0.4) is 0 Å². The van der Waals surface area contributed by atoms with Gasteiger partial charge in [-0.05, 0) is 18.2 Å². The Morgan fingerprint density at radius 2 is 2.06 bits per heavy atom. The molecule has 0 saturated carbocycles. The van der Waals surface area contributed by atoms with Crippen molar-refractivity contribution in [3.8, 4) is 5.75 Å². The third kappa shape index (κ3) is 3.37. The monoisotopic (exact) mass is 237 g/mol. The maximum absolute atomic E-state index is 11.7. The highest BCUT2D eigenvalue weighted by atomic mass is 16.3. The molecular formula is C11H15N3O3. The van der Waals surface area contributed by atoms with Crippen LogP contribution in [0.5, 0.6) is 5.75 Å². The van der Waals surface area contributed by atoms with Gasteiger partial charge < -0.3 is 21.1 Å². The van der Waals surface area contributed by atoms with E-state index in [9.17, 15) is 14.7 Å². The molecule has 1 aromatic rings. The molecule has 0 aromatic heterocycles. The summed E-state index contributed by atoms with van der Waals surface area (Å²) in [6, 6.07) is 4.07. The van der Waals surface area contributed by atoms with Crippen molar-refractivity contribution in [3.63, 3.8) is 0 Å². The molecule has 92 valence electrons. The van der Waals surface area contributed by atoms with Crippen LogP contribution in [0.15, 0.2) is 18.2 Å². The molecule has 0 unspecified atom stereocenters. The SMILES string of the molecule is CN(C)C(=O)CNC(=O)c1cc(O)ccc1N. The van der Waals surface area contributed by atoms with Crippen molar-refractivity contribution in [2.75, 3.05) is 26.4 Å². The lowest BCUT2D eigenvalue weighted by atomic mass is 10.1. The van der Waals surface area contributed by atoms with Gasteiger partial charge in [-0.2, -0.15) is 0 Å². The van der Waals surface area contributed by atoms with Crippen LogP contribution in [-0.2, 0) is 4.79 Å². The first-order chi connectivity index (χ1) is 7.91. The number of amides is 2. The summed E-state index contributed by atoms with van der Waals surface area (Å²) < 4.78 is 0. The molecule has 0 atom stereocenters. The van der Waals surface area contributed by atoms with Crippen molar-refractivity contribution >= 4 is 17.5 Å². The lowest BCUT2D eigenvalue weighted by molar-refractivity contribution is -0.127. The van der Waals surface area contributed by atoms with Crippen molar-refractivity contribution in [1.29, 1.82) is 0 Å². The Hall–Kier alpha value is -2.24. The van der Waals surface area contributed by atoms with Crippen molar-refractivity contribution in [3.05, 3.63) is 23.8 Å². The van der Waals surface area contributed by atoms with E-state index in [-0.39, 0.29) is 29.5 Å². The second-order valence-electron chi connectivity index (χ2n) is 3.74. The summed E-state index contributed by atoms with van der Waals surface area (Å²) in [6.07, 6.45) is 0. The molecule has 4 N–H and O–H groups in total. The maximum Gasteiger partial charge on any atom is 0.253 e. The highest BCUT2D eigenvalue weighted by Crippen LogP contribution is 2.17. The van der Waals surface area contributed by atoms with Crippen LogP contribution in [0.2, 0.25) is 0 Å². The number of likely N-dealkylation sites (N-methyl/N-ethyl adjacent to an activating group) is 1. The van der Waals surface area contributed by atoms with Crippen LogP contribution in [0.1, 0.15) is 10.4 Å². The average molecular weight is 237 g/mol.